The number of halogens is 1. The molecule has 0 aliphatic rings. The quantitative estimate of drug-likeness (QED) is 0.481. The second-order valence-corrected chi connectivity index (χ2v) is 7.45. The number of hydrogen-bond acceptors (Lipinski definition) is 6. The van der Waals surface area contributed by atoms with Crippen LogP contribution in [-0.4, -0.2) is 39.5 Å². The van der Waals surface area contributed by atoms with E-state index in [0.717, 1.165) is 11.3 Å². The van der Waals surface area contributed by atoms with E-state index in [1.807, 2.05) is 13.0 Å². The Morgan fingerprint density at radius 3 is 2.72 bits per heavy atom. The normalized spacial score (nSPS) is 10.9. The van der Waals surface area contributed by atoms with E-state index in [1.54, 1.807) is 42.1 Å². The lowest BCUT2D eigenvalue weighted by Crippen LogP contribution is -2.28. The van der Waals surface area contributed by atoms with Crippen molar-refractivity contribution in [3.63, 3.8) is 0 Å². The van der Waals surface area contributed by atoms with Crippen molar-refractivity contribution in [2.45, 2.75) is 13.5 Å². The molecule has 0 bridgehead atoms. The Morgan fingerprint density at radius 2 is 1.97 bits per heavy atom. The van der Waals surface area contributed by atoms with Crippen LogP contribution in [0.1, 0.15) is 5.56 Å². The molecule has 0 aliphatic carbocycles. The largest absolute Gasteiger partial charge is 0.497 e. The van der Waals surface area contributed by atoms with Crippen LogP contribution in [0.3, 0.4) is 0 Å². The Bertz CT molecular complexity index is 1380. The number of hydrogen-bond donors (Lipinski definition) is 1. The molecule has 2 aromatic carbocycles. The van der Waals surface area contributed by atoms with Gasteiger partial charge in [0, 0.05) is 11.1 Å². The highest BCUT2D eigenvalue weighted by Gasteiger charge is 2.15. The fraction of sp³-hybridized carbons (Fsp3) is 0.182. The summed E-state index contributed by atoms with van der Waals surface area (Å²) >= 11 is 6.12. The van der Waals surface area contributed by atoms with Gasteiger partial charge in [0.15, 0.2) is 5.65 Å². The maximum Gasteiger partial charge on any atom is 0.264 e. The third kappa shape index (κ3) is 4.02. The number of aryl methyl sites for hydroxylation is 1. The van der Waals surface area contributed by atoms with Crippen LogP contribution in [0.15, 0.2) is 53.7 Å². The van der Waals surface area contributed by atoms with E-state index in [4.69, 9.17) is 21.1 Å². The van der Waals surface area contributed by atoms with Crippen LogP contribution in [0.25, 0.3) is 16.7 Å². The molecule has 0 atom stereocenters. The number of carbonyl (C=O) groups is 1. The van der Waals surface area contributed by atoms with E-state index in [9.17, 15) is 9.59 Å². The highest BCUT2D eigenvalue weighted by Crippen LogP contribution is 2.29. The van der Waals surface area contributed by atoms with Crippen LogP contribution in [0, 0.1) is 6.92 Å². The molecule has 9 nitrogen and oxygen atoms in total. The lowest BCUT2D eigenvalue weighted by atomic mass is 10.2. The van der Waals surface area contributed by atoms with E-state index < -0.39 is 5.91 Å². The Morgan fingerprint density at radius 1 is 1.16 bits per heavy atom. The summed E-state index contributed by atoms with van der Waals surface area (Å²) in [6.45, 7) is 1.69. The number of aromatic nitrogens is 4. The van der Waals surface area contributed by atoms with Gasteiger partial charge in [-0.25, -0.2) is 9.67 Å². The molecule has 4 aromatic rings. The second kappa shape index (κ2) is 8.72. The van der Waals surface area contributed by atoms with Crippen molar-refractivity contribution in [3.05, 3.63) is 69.9 Å². The zero-order valence-electron chi connectivity index (χ0n) is 17.6. The Hall–Kier alpha value is -3.85. The number of ether oxygens (including phenoxy) is 2. The second-order valence-electron chi connectivity index (χ2n) is 7.02. The summed E-state index contributed by atoms with van der Waals surface area (Å²) in [5, 5.41) is 7.89. The van der Waals surface area contributed by atoms with Crippen LogP contribution < -0.4 is 20.3 Å². The maximum atomic E-state index is 12.9. The predicted octanol–water partition coefficient (Wildman–Crippen LogP) is 3.20. The third-order valence-corrected chi connectivity index (χ3v) is 5.19. The van der Waals surface area contributed by atoms with Crippen molar-refractivity contribution < 1.29 is 14.3 Å². The zero-order valence-corrected chi connectivity index (χ0v) is 18.4. The molecule has 0 fully saturated rings. The third-order valence-electron chi connectivity index (χ3n) is 4.95. The minimum absolute atomic E-state index is 0.224. The summed E-state index contributed by atoms with van der Waals surface area (Å²) in [6, 6.07) is 10.4. The smallest absolute Gasteiger partial charge is 0.264 e. The molecule has 0 aliphatic heterocycles. The lowest BCUT2D eigenvalue weighted by molar-refractivity contribution is -0.116. The number of amides is 1. The highest BCUT2D eigenvalue weighted by atomic mass is 35.5. The van der Waals surface area contributed by atoms with Gasteiger partial charge in [0.2, 0.25) is 5.91 Å². The minimum atomic E-state index is -0.408. The number of rotatable bonds is 6. The molecule has 2 heterocycles. The maximum absolute atomic E-state index is 12.9. The van der Waals surface area contributed by atoms with Gasteiger partial charge in [-0.3, -0.25) is 14.2 Å². The first kappa shape index (κ1) is 21.4. The molecule has 10 heteroatoms. The average Bonchev–Trinajstić information content (AvgIpc) is 3.22. The van der Waals surface area contributed by atoms with Gasteiger partial charge in [-0.05, 0) is 36.8 Å². The Kier molecular flexibility index (Phi) is 5.83. The molecule has 32 heavy (non-hydrogen) atoms. The topological polar surface area (TPSA) is 100 Å². The summed E-state index contributed by atoms with van der Waals surface area (Å²) in [4.78, 5) is 29.9. The number of nitrogens with one attached hydrogen (secondary N) is 1. The first-order valence-corrected chi connectivity index (χ1v) is 10.0. The molecule has 0 spiro atoms. The summed E-state index contributed by atoms with van der Waals surface area (Å²) in [5.74, 6) is 0.629. The van der Waals surface area contributed by atoms with Gasteiger partial charge < -0.3 is 14.8 Å². The fourth-order valence-corrected chi connectivity index (χ4v) is 3.46. The van der Waals surface area contributed by atoms with Gasteiger partial charge >= 0.3 is 0 Å². The average molecular weight is 454 g/mol. The van der Waals surface area contributed by atoms with Gasteiger partial charge in [0.25, 0.3) is 5.56 Å². The van der Waals surface area contributed by atoms with Gasteiger partial charge in [-0.2, -0.15) is 5.10 Å². The zero-order chi connectivity index (χ0) is 22.8. The SMILES string of the molecule is COc1ccc(NC(=O)Cn2cnc3c(cnn3-c3cc(Cl)ccc3C)c2=O)c(OC)c1. The Labute approximate surface area is 188 Å². The monoisotopic (exact) mass is 453 g/mol. The molecule has 0 radical (unpaired) electrons. The van der Waals surface area contributed by atoms with Crippen molar-refractivity contribution in [1.82, 2.24) is 19.3 Å². The van der Waals surface area contributed by atoms with Crippen molar-refractivity contribution in [1.29, 1.82) is 0 Å². The van der Waals surface area contributed by atoms with Gasteiger partial charge in [0.05, 0.1) is 31.8 Å². The van der Waals surface area contributed by atoms with Crippen molar-refractivity contribution in [2.75, 3.05) is 19.5 Å². The molecule has 2 aromatic heterocycles. The van der Waals surface area contributed by atoms with Crippen LogP contribution in [-0.2, 0) is 11.3 Å². The van der Waals surface area contributed by atoms with E-state index in [2.05, 4.69) is 15.4 Å². The van der Waals surface area contributed by atoms with Gasteiger partial charge in [-0.15, -0.1) is 0 Å². The molecule has 164 valence electrons. The number of anilines is 1. The van der Waals surface area contributed by atoms with Crippen LogP contribution in [0.2, 0.25) is 5.02 Å². The molecular formula is C22H20ClN5O4. The predicted molar refractivity (Wildman–Crippen MR) is 121 cm³/mol. The number of benzene rings is 2. The highest BCUT2D eigenvalue weighted by molar-refractivity contribution is 6.30. The van der Waals surface area contributed by atoms with Crippen LogP contribution in [0.5, 0.6) is 11.5 Å². The standard InChI is InChI=1S/C22H20ClN5O4/c1-13-4-5-14(23)8-18(13)28-21-16(10-25-28)22(30)27(12-24-21)11-20(29)26-17-7-6-15(31-2)9-19(17)32-3/h4-10,12H,11H2,1-3H3,(H,26,29). The van der Waals surface area contributed by atoms with Gasteiger partial charge in [0.1, 0.15) is 29.8 Å². The molecule has 0 saturated heterocycles. The molecule has 0 saturated carbocycles. The van der Waals surface area contributed by atoms with Crippen molar-refractivity contribution >= 4 is 34.2 Å². The number of nitrogens with zero attached hydrogens (tertiary/aromatic N) is 4. The molecule has 0 unspecified atom stereocenters. The van der Waals surface area contributed by atoms with E-state index >= 15 is 0 Å². The van der Waals surface area contributed by atoms with Crippen LogP contribution >= 0.6 is 11.6 Å². The van der Waals surface area contributed by atoms with Gasteiger partial charge in [-0.1, -0.05) is 17.7 Å². The van der Waals surface area contributed by atoms with E-state index in [-0.39, 0.29) is 12.1 Å². The number of methoxy groups -OCH3 is 2. The summed E-state index contributed by atoms with van der Waals surface area (Å²) in [7, 11) is 3.03. The molecule has 1 N–H and O–H groups in total. The first-order valence-electron chi connectivity index (χ1n) is 9.63. The molecular weight excluding hydrogens is 434 g/mol. The molecule has 4 rings (SSSR count). The van der Waals surface area contributed by atoms with E-state index in [1.165, 1.54) is 24.2 Å². The van der Waals surface area contributed by atoms with Crippen molar-refractivity contribution in [2.24, 2.45) is 0 Å². The summed E-state index contributed by atoms with van der Waals surface area (Å²) in [6.07, 6.45) is 2.76. The lowest BCUT2D eigenvalue weighted by Gasteiger charge is -2.12. The minimum Gasteiger partial charge on any atom is -0.497 e. The number of fused-ring (bicyclic) bond motifs is 1. The Balaban J connectivity index is 1.61. The summed E-state index contributed by atoms with van der Waals surface area (Å²) < 4.78 is 13.2. The van der Waals surface area contributed by atoms with Crippen molar-refractivity contribution in [3.8, 4) is 17.2 Å². The summed E-state index contributed by atoms with van der Waals surface area (Å²) in [5.41, 5.74) is 2.12. The van der Waals surface area contributed by atoms with E-state index in [0.29, 0.717) is 33.2 Å². The number of carbonyl (C=O) groups excluding carboxylic acids is 1. The first-order chi connectivity index (χ1) is 15.4. The molecule has 1 amide bonds. The fourth-order valence-electron chi connectivity index (χ4n) is 3.29. The van der Waals surface area contributed by atoms with Crippen LogP contribution in [0.4, 0.5) is 5.69 Å².